The van der Waals surface area contributed by atoms with Gasteiger partial charge in [0.25, 0.3) is 0 Å². The van der Waals surface area contributed by atoms with Gasteiger partial charge in [0.1, 0.15) is 5.69 Å². The van der Waals surface area contributed by atoms with E-state index >= 15 is 0 Å². The maximum atomic E-state index is 10.7. The first-order chi connectivity index (χ1) is 10.2. The third-order valence-electron chi connectivity index (χ3n) is 2.80. The number of carbonyl (C=O) groups excluding carboxylic acids is 1. The van der Waals surface area contributed by atoms with Crippen LogP contribution in [0.2, 0.25) is 0 Å². The molecule has 0 bridgehead atoms. The number of aromatic carboxylic acids is 1. The van der Waals surface area contributed by atoms with E-state index in [9.17, 15) is 9.90 Å². The van der Waals surface area contributed by atoms with Crippen molar-refractivity contribution >= 4 is 28.1 Å². The quantitative estimate of drug-likeness (QED) is 0.799. The number of carboxylic acids is 1. The SMILES string of the molecule is O=C([O-])c1ccc(Nc2nc(-c3ccccn3)cs2)cc1. The van der Waals surface area contributed by atoms with E-state index < -0.39 is 5.97 Å². The molecule has 0 unspecified atom stereocenters. The van der Waals surface area contributed by atoms with Gasteiger partial charge in [0.2, 0.25) is 0 Å². The Morgan fingerprint density at radius 3 is 2.57 bits per heavy atom. The minimum absolute atomic E-state index is 0.147. The van der Waals surface area contributed by atoms with Crippen LogP contribution in [0.4, 0.5) is 10.8 Å². The number of pyridine rings is 1. The molecular weight excluding hydrogens is 286 g/mol. The summed E-state index contributed by atoms with van der Waals surface area (Å²) in [5, 5.41) is 16.4. The monoisotopic (exact) mass is 296 g/mol. The number of anilines is 2. The molecular formula is C15H10N3O2S-. The number of nitrogens with zero attached hydrogens (tertiary/aromatic N) is 2. The van der Waals surface area contributed by atoms with Gasteiger partial charge in [-0.1, -0.05) is 18.2 Å². The first kappa shape index (κ1) is 13.3. The zero-order chi connectivity index (χ0) is 14.7. The van der Waals surface area contributed by atoms with Crippen molar-refractivity contribution in [2.45, 2.75) is 0 Å². The molecule has 0 amide bonds. The smallest absolute Gasteiger partial charge is 0.187 e. The van der Waals surface area contributed by atoms with Gasteiger partial charge in [0.15, 0.2) is 5.13 Å². The Morgan fingerprint density at radius 1 is 1.10 bits per heavy atom. The fourth-order valence-electron chi connectivity index (χ4n) is 1.78. The van der Waals surface area contributed by atoms with E-state index in [0.717, 1.165) is 22.2 Å². The second kappa shape index (κ2) is 5.72. The van der Waals surface area contributed by atoms with Gasteiger partial charge in [-0.05, 0) is 29.8 Å². The molecule has 2 heterocycles. The molecule has 3 aromatic rings. The molecule has 3 rings (SSSR count). The summed E-state index contributed by atoms with van der Waals surface area (Å²) in [6.45, 7) is 0. The van der Waals surface area contributed by atoms with Crippen LogP contribution in [0.15, 0.2) is 54.0 Å². The third-order valence-corrected chi connectivity index (χ3v) is 3.56. The van der Waals surface area contributed by atoms with Crippen LogP contribution in [0.5, 0.6) is 0 Å². The van der Waals surface area contributed by atoms with E-state index in [2.05, 4.69) is 15.3 Å². The van der Waals surface area contributed by atoms with Gasteiger partial charge in [-0.25, -0.2) is 4.98 Å². The first-order valence-corrected chi connectivity index (χ1v) is 7.06. The molecule has 0 radical (unpaired) electrons. The van der Waals surface area contributed by atoms with Crippen LogP contribution in [0, 0.1) is 0 Å². The number of aromatic nitrogens is 2. The van der Waals surface area contributed by atoms with Crippen LogP contribution in [-0.2, 0) is 0 Å². The fourth-order valence-corrected chi connectivity index (χ4v) is 2.50. The largest absolute Gasteiger partial charge is 0.545 e. The Morgan fingerprint density at radius 2 is 1.90 bits per heavy atom. The van der Waals surface area contributed by atoms with E-state index in [1.54, 1.807) is 18.3 Å². The molecule has 1 aromatic carbocycles. The lowest BCUT2D eigenvalue weighted by molar-refractivity contribution is -0.255. The maximum absolute atomic E-state index is 10.7. The summed E-state index contributed by atoms with van der Waals surface area (Å²) in [6.07, 6.45) is 1.72. The lowest BCUT2D eigenvalue weighted by atomic mass is 10.2. The summed E-state index contributed by atoms with van der Waals surface area (Å²) in [5.74, 6) is -1.19. The van der Waals surface area contributed by atoms with Crippen LogP contribution in [0.3, 0.4) is 0 Å². The normalized spacial score (nSPS) is 10.3. The van der Waals surface area contributed by atoms with Crippen molar-refractivity contribution in [1.29, 1.82) is 0 Å². The molecule has 0 spiro atoms. The van der Waals surface area contributed by atoms with Crippen LogP contribution < -0.4 is 10.4 Å². The minimum atomic E-state index is -1.19. The summed E-state index contributed by atoms with van der Waals surface area (Å²) >= 11 is 1.46. The van der Waals surface area contributed by atoms with Gasteiger partial charge in [-0.3, -0.25) is 4.98 Å². The summed E-state index contributed by atoms with van der Waals surface area (Å²) in [5.41, 5.74) is 2.53. The zero-order valence-electron chi connectivity index (χ0n) is 10.8. The van der Waals surface area contributed by atoms with Crippen molar-refractivity contribution in [3.05, 3.63) is 59.6 Å². The highest BCUT2D eigenvalue weighted by atomic mass is 32.1. The molecule has 0 aliphatic rings. The topological polar surface area (TPSA) is 77.9 Å². The number of thiazole rings is 1. The van der Waals surface area contributed by atoms with E-state index in [0.29, 0.717) is 0 Å². The summed E-state index contributed by atoms with van der Waals surface area (Å²) < 4.78 is 0. The Hall–Kier alpha value is -2.73. The zero-order valence-corrected chi connectivity index (χ0v) is 11.6. The van der Waals surface area contributed by atoms with Gasteiger partial charge in [0, 0.05) is 17.3 Å². The van der Waals surface area contributed by atoms with Gasteiger partial charge < -0.3 is 15.2 Å². The van der Waals surface area contributed by atoms with Crippen molar-refractivity contribution < 1.29 is 9.90 Å². The van der Waals surface area contributed by atoms with Crippen LogP contribution in [-0.4, -0.2) is 15.9 Å². The molecule has 5 nitrogen and oxygen atoms in total. The first-order valence-electron chi connectivity index (χ1n) is 6.18. The maximum Gasteiger partial charge on any atom is 0.187 e. The van der Waals surface area contributed by atoms with Crippen LogP contribution in [0.25, 0.3) is 11.4 Å². The van der Waals surface area contributed by atoms with Crippen molar-refractivity contribution in [3.63, 3.8) is 0 Å². The fraction of sp³-hybridized carbons (Fsp3) is 0. The van der Waals surface area contributed by atoms with Crippen molar-refractivity contribution in [1.82, 2.24) is 9.97 Å². The number of carbonyl (C=O) groups is 1. The van der Waals surface area contributed by atoms with Gasteiger partial charge in [-0.2, -0.15) is 0 Å². The Labute approximate surface area is 124 Å². The Kier molecular flexibility index (Phi) is 3.61. The average Bonchev–Trinajstić information content (AvgIpc) is 2.97. The molecule has 21 heavy (non-hydrogen) atoms. The molecule has 104 valence electrons. The van der Waals surface area contributed by atoms with Crippen molar-refractivity contribution in [2.24, 2.45) is 0 Å². The predicted molar refractivity (Wildman–Crippen MR) is 79.4 cm³/mol. The number of hydrogen-bond acceptors (Lipinski definition) is 6. The highest BCUT2D eigenvalue weighted by Crippen LogP contribution is 2.25. The molecule has 0 aliphatic heterocycles. The van der Waals surface area contributed by atoms with Crippen molar-refractivity contribution in [2.75, 3.05) is 5.32 Å². The summed E-state index contributed by atoms with van der Waals surface area (Å²) in [6, 6.07) is 12.0. The van der Waals surface area contributed by atoms with Crippen LogP contribution in [0.1, 0.15) is 10.4 Å². The molecule has 0 atom stereocenters. The van der Waals surface area contributed by atoms with E-state index in [-0.39, 0.29) is 5.56 Å². The number of nitrogens with one attached hydrogen (secondary N) is 1. The molecule has 0 saturated heterocycles. The van der Waals surface area contributed by atoms with E-state index in [4.69, 9.17) is 0 Å². The molecule has 1 N–H and O–H groups in total. The Bertz CT molecular complexity index is 754. The average molecular weight is 296 g/mol. The number of rotatable bonds is 4. The second-order valence-electron chi connectivity index (χ2n) is 4.24. The van der Waals surface area contributed by atoms with E-state index in [1.807, 2.05) is 23.6 Å². The lowest BCUT2D eigenvalue weighted by Gasteiger charge is -2.05. The summed E-state index contributed by atoms with van der Waals surface area (Å²) in [7, 11) is 0. The molecule has 0 aliphatic carbocycles. The predicted octanol–water partition coefficient (Wildman–Crippen LogP) is 2.31. The molecule has 2 aromatic heterocycles. The highest BCUT2D eigenvalue weighted by Gasteiger charge is 2.05. The highest BCUT2D eigenvalue weighted by molar-refractivity contribution is 7.14. The lowest BCUT2D eigenvalue weighted by Crippen LogP contribution is -2.21. The second-order valence-corrected chi connectivity index (χ2v) is 5.10. The molecule has 0 saturated carbocycles. The number of carboxylic acid groups (broad SMARTS) is 1. The van der Waals surface area contributed by atoms with Crippen molar-refractivity contribution in [3.8, 4) is 11.4 Å². The number of hydrogen-bond donors (Lipinski definition) is 1. The van der Waals surface area contributed by atoms with Gasteiger partial charge in [0.05, 0.1) is 11.7 Å². The summed E-state index contributed by atoms with van der Waals surface area (Å²) in [4.78, 5) is 19.4. The minimum Gasteiger partial charge on any atom is -0.545 e. The van der Waals surface area contributed by atoms with Crippen LogP contribution >= 0.6 is 11.3 Å². The Balaban J connectivity index is 1.77. The van der Waals surface area contributed by atoms with E-state index in [1.165, 1.54) is 23.5 Å². The third kappa shape index (κ3) is 3.06. The van der Waals surface area contributed by atoms with Gasteiger partial charge in [-0.15, -0.1) is 11.3 Å². The van der Waals surface area contributed by atoms with Gasteiger partial charge >= 0.3 is 0 Å². The molecule has 0 fully saturated rings. The standard InChI is InChI=1S/C15H11N3O2S/c19-14(20)10-4-6-11(7-5-10)17-15-18-13(9-21-15)12-3-1-2-8-16-12/h1-9H,(H,17,18)(H,19,20)/p-1. The number of benzene rings is 1. The molecule has 6 heteroatoms.